The van der Waals surface area contributed by atoms with E-state index in [0.29, 0.717) is 6.04 Å². The maximum atomic E-state index is 13.3. The van der Waals surface area contributed by atoms with E-state index in [1.54, 1.807) is 19.2 Å². The highest BCUT2D eigenvalue weighted by Gasteiger charge is 2.24. The van der Waals surface area contributed by atoms with E-state index in [1.165, 1.54) is 17.2 Å². The van der Waals surface area contributed by atoms with Crippen molar-refractivity contribution in [3.8, 4) is 5.75 Å². The van der Waals surface area contributed by atoms with Crippen LogP contribution in [0.25, 0.3) is 0 Å². The highest BCUT2D eigenvalue weighted by molar-refractivity contribution is 5.41. The van der Waals surface area contributed by atoms with Gasteiger partial charge in [-0.2, -0.15) is 0 Å². The molecule has 1 aliphatic carbocycles. The fourth-order valence-corrected chi connectivity index (χ4v) is 3.05. The van der Waals surface area contributed by atoms with Crippen LogP contribution in [0.15, 0.2) is 42.5 Å². The van der Waals surface area contributed by atoms with Crippen molar-refractivity contribution < 1.29 is 9.13 Å². The minimum atomic E-state index is -0.186. The Bertz CT molecular complexity index is 641. The van der Waals surface area contributed by atoms with Crippen LogP contribution in [-0.4, -0.2) is 7.11 Å². The average molecular weight is 285 g/mol. The maximum Gasteiger partial charge on any atom is 0.123 e. The summed E-state index contributed by atoms with van der Waals surface area (Å²) >= 11 is 0. The summed E-state index contributed by atoms with van der Waals surface area (Å²) in [5, 5.41) is 3.61. The zero-order valence-corrected chi connectivity index (χ0v) is 12.4. The molecule has 0 fully saturated rings. The Kier molecular flexibility index (Phi) is 3.93. The molecule has 0 radical (unpaired) electrons. The highest BCUT2D eigenvalue weighted by atomic mass is 19.1. The molecule has 0 saturated heterocycles. The molecule has 0 bridgehead atoms. The number of benzene rings is 2. The van der Waals surface area contributed by atoms with Crippen LogP contribution in [-0.2, 0) is 6.42 Å². The summed E-state index contributed by atoms with van der Waals surface area (Å²) < 4.78 is 18.7. The molecule has 3 rings (SSSR count). The monoisotopic (exact) mass is 285 g/mol. The van der Waals surface area contributed by atoms with Crippen molar-refractivity contribution in [3.63, 3.8) is 0 Å². The fraction of sp³-hybridized carbons (Fsp3) is 0.333. The standard InChI is InChI=1S/C18H20FNO/c1-12(14-4-3-5-15(19)10-14)20-18-9-7-13-6-8-16(21-2)11-17(13)18/h3-6,8,10-12,18,20H,7,9H2,1-2H3/t12-,18?/m0/s1. The zero-order valence-electron chi connectivity index (χ0n) is 12.4. The summed E-state index contributed by atoms with van der Waals surface area (Å²) in [4.78, 5) is 0. The molecule has 0 amide bonds. The number of methoxy groups -OCH3 is 1. The Morgan fingerprint density at radius 1 is 1.24 bits per heavy atom. The molecule has 2 aromatic rings. The van der Waals surface area contributed by atoms with Gasteiger partial charge in [-0.25, -0.2) is 4.39 Å². The lowest BCUT2D eigenvalue weighted by Crippen LogP contribution is -2.23. The molecule has 0 saturated carbocycles. The quantitative estimate of drug-likeness (QED) is 0.910. The molecule has 0 aliphatic heterocycles. The minimum absolute atomic E-state index is 0.114. The molecule has 21 heavy (non-hydrogen) atoms. The molecular weight excluding hydrogens is 265 g/mol. The van der Waals surface area contributed by atoms with Crippen LogP contribution in [0, 0.1) is 5.82 Å². The van der Waals surface area contributed by atoms with Crippen molar-refractivity contribution >= 4 is 0 Å². The Morgan fingerprint density at radius 3 is 2.86 bits per heavy atom. The predicted octanol–water partition coefficient (Wildman–Crippen LogP) is 4.17. The zero-order chi connectivity index (χ0) is 14.8. The lowest BCUT2D eigenvalue weighted by atomic mass is 10.0. The third kappa shape index (κ3) is 2.93. The Balaban J connectivity index is 1.78. The topological polar surface area (TPSA) is 21.3 Å². The number of nitrogens with one attached hydrogen (secondary N) is 1. The Morgan fingerprint density at radius 2 is 2.10 bits per heavy atom. The smallest absolute Gasteiger partial charge is 0.123 e. The highest BCUT2D eigenvalue weighted by Crippen LogP contribution is 2.35. The van der Waals surface area contributed by atoms with Gasteiger partial charge in [0.15, 0.2) is 0 Å². The van der Waals surface area contributed by atoms with E-state index in [9.17, 15) is 4.39 Å². The Hall–Kier alpha value is -1.87. The van der Waals surface area contributed by atoms with E-state index >= 15 is 0 Å². The molecule has 1 unspecified atom stereocenters. The van der Waals surface area contributed by atoms with E-state index in [1.807, 2.05) is 12.1 Å². The van der Waals surface area contributed by atoms with Gasteiger partial charge >= 0.3 is 0 Å². The third-order valence-corrected chi connectivity index (χ3v) is 4.23. The number of hydrogen-bond acceptors (Lipinski definition) is 2. The Labute approximate surface area is 125 Å². The number of halogens is 1. The molecule has 2 nitrogen and oxygen atoms in total. The molecule has 110 valence electrons. The van der Waals surface area contributed by atoms with Crippen LogP contribution in [0.1, 0.15) is 42.1 Å². The number of hydrogen-bond donors (Lipinski definition) is 1. The summed E-state index contributed by atoms with van der Waals surface area (Å²) in [6.07, 6.45) is 2.15. The van der Waals surface area contributed by atoms with Crippen LogP contribution in [0.5, 0.6) is 5.75 Å². The van der Waals surface area contributed by atoms with E-state index in [0.717, 1.165) is 24.2 Å². The van der Waals surface area contributed by atoms with Gasteiger partial charge in [0.2, 0.25) is 0 Å². The molecular formula is C18H20FNO. The van der Waals surface area contributed by atoms with Gasteiger partial charge in [-0.3, -0.25) is 0 Å². The SMILES string of the molecule is COc1ccc2c(c1)C(N[C@@H](C)c1cccc(F)c1)CC2. The van der Waals surface area contributed by atoms with Crippen LogP contribution < -0.4 is 10.1 Å². The lowest BCUT2D eigenvalue weighted by molar-refractivity contribution is 0.412. The summed E-state index contributed by atoms with van der Waals surface area (Å²) in [5.41, 5.74) is 3.66. The van der Waals surface area contributed by atoms with Gasteiger partial charge < -0.3 is 10.1 Å². The second kappa shape index (κ2) is 5.86. The lowest BCUT2D eigenvalue weighted by Gasteiger charge is -2.21. The predicted molar refractivity (Wildman–Crippen MR) is 82.0 cm³/mol. The van der Waals surface area contributed by atoms with Crippen molar-refractivity contribution in [3.05, 3.63) is 65.0 Å². The first-order valence-corrected chi connectivity index (χ1v) is 7.35. The van der Waals surface area contributed by atoms with Crippen LogP contribution in [0.4, 0.5) is 4.39 Å². The summed E-state index contributed by atoms with van der Waals surface area (Å²) in [6, 6.07) is 13.5. The first kappa shape index (κ1) is 14.1. The molecule has 0 aromatic heterocycles. The largest absolute Gasteiger partial charge is 0.497 e. The van der Waals surface area contributed by atoms with E-state index < -0.39 is 0 Å². The van der Waals surface area contributed by atoms with Gasteiger partial charge in [0, 0.05) is 12.1 Å². The van der Waals surface area contributed by atoms with E-state index in [-0.39, 0.29) is 11.9 Å². The first-order valence-electron chi connectivity index (χ1n) is 7.35. The van der Waals surface area contributed by atoms with Crippen molar-refractivity contribution in [2.45, 2.75) is 31.8 Å². The number of fused-ring (bicyclic) bond motifs is 1. The molecule has 1 N–H and O–H groups in total. The van der Waals surface area contributed by atoms with Gasteiger partial charge in [-0.05, 0) is 60.7 Å². The van der Waals surface area contributed by atoms with Crippen LogP contribution in [0.3, 0.4) is 0 Å². The maximum absolute atomic E-state index is 13.3. The van der Waals surface area contributed by atoms with E-state index in [4.69, 9.17) is 4.74 Å². The molecule has 2 atom stereocenters. The van der Waals surface area contributed by atoms with Crippen molar-refractivity contribution in [2.75, 3.05) is 7.11 Å². The van der Waals surface area contributed by atoms with Crippen LogP contribution >= 0.6 is 0 Å². The molecule has 0 spiro atoms. The minimum Gasteiger partial charge on any atom is -0.497 e. The third-order valence-electron chi connectivity index (χ3n) is 4.23. The van der Waals surface area contributed by atoms with Gasteiger partial charge in [-0.15, -0.1) is 0 Å². The summed E-state index contributed by atoms with van der Waals surface area (Å²) in [5.74, 6) is 0.704. The van der Waals surface area contributed by atoms with E-state index in [2.05, 4.69) is 24.4 Å². The second-order valence-electron chi connectivity index (χ2n) is 5.60. The van der Waals surface area contributed by atoms with Gasteiger partial charge in [-0.1, -0.05) is 18.2 Å². The molecule has 0 heterocycles. The molecule has 3 heteroatoms. The average Bonchev–Trinajstić information content (AvgIpc) is 2.89. The van der Waals surface area contributed by atoms with Crippen molar-refractivity contribution in [2.24, 2.45) is 0 Å². The van der Waals surface area contributed by atoms with Gasteiger partial charge in [0.1, 0.15) is 11.6 Å². The molecule has 2 aromatic carbocycles. The number of ether oxygens (including phenoxy) is 1. The van der Waals surface area contributed by atoms with Crippen LogP contribution in [0.2, 0.25) is 0 Å². The fourth-order valence-electron chi connectivity index (χ4n) is 3.05. The van der Waals surface area contributed by atoms with Gasteiger partial charge in [0.05, 0.1) is 7.11 Å². The van der Waals surface area contributed by atoms with Crippen molar-refractivity contribution in [1.29, 1.82) is 0 Å². The normalized spacial score (nSPS) is 18.3. The number of aryl methyl sites for hydroxylation is 1. The number of rotatable bonds is 4. The second-order valence-corrected chi connectivity index (χ2v) is 5.60. The summed E-state index contributed by atoms with van der Waals surface area (Å²) in [7, 11) is 1.69. The molecule has 1 aliphatic rings. The summed E-state index contributed by atoms with van der Waals surface area (Å²) in [6.45, 7) is 2.08. The van der Waals surface area contributed by atoms with Crippen molar-refractivity contribution in [1.82, 2.24) is 5.32 Å². The van der Waals surface area contributed by atoms with Gasteiger partial charge in [0.25, 0.3) is 0 Å². The first-order chi connectivity index (χ1) is 10.2.